The molecule has 6 nitrogen and oxygen atoms in total. The van der Waals surface area contributed by atoms with Crippen molar-refractivity contribution in [2.24, 2.45) is 0 Å². The minimum absolute atomic E-state index is 0.184. The fourth-order valence-electron chi connectivity index (χ4n) is 2.76. The summed E-state index contributed by atoms with van der Waals surface area (Å²) in [7, 11) is -4.63. The average molecular weight is 489 g/mol. The van der Waals surface area contributed by atoms with Gasteiger partial charge in [-0.2, -0.15) is 31.6 Å². The highest BCUT2D eigenvalue weighted by Crippen LogP contribution is 2.36. The summed E-state index contributed by atoms with van der Waals surface area (Å²) in [5.41, 5.74) is -1.91. The molecule has 0 unspecified atom stereocenters. The van der Waals surface area contributed by atoms with Crippen LogP contribution in [-0.4, -0.2) is 49.8 Å². The monoisotopic (exact) mass is 489 g/mol. The number of amides is 1. The molecule has 2 N–H and O–H groups in total. The van der Waals surface area contributed by atoms with Gasteiger partial charge in [0.15, 0.2) is 9.84 Å². The lowest BCUT2D eigenvalue weighted by Gasteiger charge is -2.28. The molecule has 32 heavy (non-hydrogen) atoms. The zero-order valence-electron chi connectivity index (χ0n) is 16.2. The molecule has 0 saturated heterocycles. The van der Waals surface area contributed by atoms with E-state index in [1.54, 1.807) is 6.07 Å². The van der Waals surface area contributed by atoms with E-state index < -0.39 is 75.0 Å². The molecular formula is C18H18F7N3O3S. The molecule has 1 amide bonds. The second-order valence-electron chi connectivity index (χ2n) is 7.41. The summed E-state index contributed by atoms with van der Waals surface area (Å²) in [6.45, 7) is 0. The smallest absolute Gasteiger partial charge is 0.336 e. The van der Waals surface area contributed by atoms with Crippen molar-refractivity contribution < 1.29 is 43.9 Å². The van der Waals surface area contributed by atoms with E-state index in [1.165, 1.54) is 0 Å². The zero-order chi connectivity index (χ0) is 24.4. The normalized spacial score (nSPS) is 17.8. The van der Waals surface area contributed by atoms with Crippen molar-refractivity contribution >= 4 is 15.7 Å². The average Bonchev–Trinajstić information content (AvgIpc) is 3.43. The van der Waals surface area contributed by atoms with Crippen LogP contribution < -0.4 is 10.6 Å². The molecule has 1 saturated carbocycles. The van der Waals surface area contributed by atoms with Gasteiger partial charge in [-0.15, -0.1) is 0 Å². The van der Waals surface area contributed by atoms with E-state index in [9.17, 15) is 43.9 Å². The van der Waals surface area contributed by atoms with E-state index in [1.807, 2.05) is 5.32 Å². The minimum atomic E-state index is -5.07. The lowest BCUT2D eigenvalue weighted by Crippen LogP contribution is -2.54. The Morgan fingerprint density at radius 3 is 2.12 bits per heavy atom. The molecule has 1 aromatic carbocycles. The number of halogens is 7. The maximum atomic E-state index is 13.6. The number of nitrogens with one attached hydrogen (secondary N) is 2. The van der Waals surface area contributed by atoms with E-state index >= 15 is 0 Å². The van der Waals surface area contributed by atoms with Crippen molar-refractivity contribution in [2.75, 3.05) is 11.5 Å². The van der Waals surface area contributed by atoms with Gasteiger partial charge in [0.05, 0.1) is 24.0 Å². The van der Waals surface area contributed by atoms with Crippen molar-refractivity contribution in [3.8, 4) is 6.07 Å². The SMILES string of the molecule is N#CC1(NC(=O)[C@H](CS(=O)(=O)CCC(F)(F)F)N[C@H](c2ccc(F)cc2)C(F)(F)F)CC1. The van der Waals surface area contributed by atoms with E-state index in [-0.39, 0.29) is 12.8 Å². The van der Waals surface area contributed by atoms with E-state index in [0.29, 0.717) is 0 Å². The molecule has 0 bridgehead atoms. The molecule has 0 aliphatic heterocycles. The lowest BCUT2D eigenvalue weighted by atomic mass is 10.0. The number of hydrogen-bond acceptors (Lipinski definition) is 5. The molecule has 2 rings (SSSR count). The van der Waals surface area contributed by atoms with E-state index in [2.05, 4.69) is 5.32 Å². The van der Waals surface area contributed by atoms with Crippen molar-refractivity contribution in [3.63, 3.8) is 0 Å². The highest BCUT2D eigenvalue weighted by atomic mass is 32.2. The molecule has 1 aliphatic rings. The van der Waals surface area contributed by atoms with E-state index in [4.69, 9.17) is 5.26 Å². The van der Waals surface area contributed by atoms with Crippen LogP contribution in [0.25, 0.3) is 0 Å². The van der Waals surface area contributed by atoms with Gasteiger partial charge in [0, 0.05) is 0 Å². The number of carbonyl (C=O) groups excluding carboxylic acids is 1. The highest BCUT2D eigenvalue weighted by molar-refractivity contribution is 7.91. The predicted octanol–water partition coefficient (Wildman–Crippen LogP) is 2.93. The van der Waals surface area contributed by atoms with Crippen LogP contribution in [0.2, 0.25) is 0 Å². The van der Waals surface area contributed by atoms with Gasteiger partial charge < -0.3 is 5.32 Å². The van der Waals surface area contributed by atoms with Crippen LogP contribution in [0.5, 0.6) is 0 Å². The van der Waals surface area contributed by atoms with E-state index in [0.717, 1.165) is 24.3 Å². The zero-order valence-corrected chi connectivity index (χ0v) is 17.0. The molecule has 1 aromatic rings. The predicted molar refractivity (Wildman–Crippen MR) is 97.2 cm³/mol. The third-order valence-corrected chi connectivity index (χ3v) is 6.33. The molecule has 0 spiro atoms. The van der Waals surface area contributed by atoms with Gasteiger partial charge in [-0.25, -0.2) is 12.8 Å². The molecule has 1 fully saturated rings. The van der Waals surface area contributed by atoms with Crippen LogP contribution in [0.4, 0.5) is 30.7 Å². The molecule has 0 radical (unpaired) electrons. The second kappa shape index (κ2) is 9.22. The largest absolute Gasteiger partial charge is 0.407 e. The fraction of sp³-hybridized carbons (Fsp3) is 0.556. The first-order valence-corrected chi connectivity index (χ1v) is 11.0. The molecule has 14 heteroatoms. The summed E-state index contributed by atoms with van der Waals surface area (Å²) >= 11 is 0. The summed E-state index contributed by atoms with van der Waals surface area (Å²) in [6.07, 6.45) is -11.3. The number of sulfone groups is 1. The Morgan fingerprint density at radius 1 is 1.12 bits per heavy atom. The summed E-state index contributed by atoms with van der Waals surface area (Å²) in [5.74, 6) is -4.93. The van der Waals surface area contributed by atoms with Crippen LogP contribution in [-0.2, 0) is 14.6 Å². The second-order valence-corrected chi connectivity index (χ2v) is 9.64. The minimum Gasteiger partial charge on any atom is -0.336 e. The first-order valence-electron chi connectivity index (χ1n) is 9.14. The summed E-state index contributed by atoms with van der Waals surface area (Å²) < 4.78 is 116. The Labute approximate surface area is 178 Å². The first kappa shape index (κ1) is 25.9. The third-order valence-electron chi connectivity index (χ3n) is 4.66. The topological polar surface area (TPSA) is 99.1 Å². The molecule has 0 heterocycles. The van der Waals surface area contributed by atoms with Crippen LogP contribution in [0, 0.1) is 17.1 Å². The maximum absolute atomic E-state index is 13.6. The number of benzene rings is 1. The fourth-order valence-corrected chi connectivity index (χ4v) is 4.22. The van der Waals surface area contributed by atoms with Crippen molar-refractivity contribution in [1.29, 1.82) is 5.26 Å². The number of alkyl halides is 6. The number of carbonyl (C=O) groups is 1. The van der Waals surface area contributed by atoms with Gasteiger partial charge in [-0.05, 0) is 30.5 Å². The Balaban J connectivity index is 2.32. The molecular weight excluding hydrogens is 471 g/mol. The Hall–Kier alpha value is -2.40. The highest BCUT2D eigenvalue weighted by Gasteiger charge is 2.48. The Morgan fingerprint density at radius 2 is 1.69 bits per heavy atom. The maximum Gasteiger partial charge on any atom is 0.407 e. The molecule has 2 atom stereocenters. The van der Waals surface area contributed by atoms with Crippen LogP contribution in [0.15, 0.2) is 24.3 Å². The van der Waals surface area contributed by atoms with Gasteiger partial charge >= 0.3 is 12.4 Å². The van der Waals surface area contributed by atoms with Gasteiger partial charge in [0.2, 0.25) is 5.91 Å². The first-order chi connectivity index (χ1) is 14.6. The Bertz CT molecular complexity index is 966. The van der Waals surface area contributed by atoms with Gasteiger partial charge in [0.1, 0.15) is 23.4 Å². The molecule has 1 aliphatic carbocycles. The number of nitriles is 1. The van der Waals surface area contributed by atoms with Crippen LogP contribution in [0.3, 0.4) is 0 Å². The van der Waals surface area contributed by atoms with Gasteiger partial charge in [-0.1, -0.05) is 12.1 Å². The standard InChI is InChI=1S/C18H18F7N3O3S/c19-12-3-1-11(2-4-12)14(18(23,24)25)27-13(15(29)28-16(10-26)5-6-16)9-32(30,31)8-7-17(20,21)22/h1-4,13-14,27H,5-9H2,(H,28,29)/t13-,14+/m0/s1. The number of nitrogens with zero attached hydrogens (tertiary/aromatic N) is 1. The summed E-state index contributed by atoms with van der Waals surface area (Å²) in [6, 6.07) is -0.0316. The van der Waals surface area contributed by atoms with Gasteiger partial charge in [0.25, 0.3) is 0 Å². The quantitative estimate of drug-likeness (QED) is 0.520. The third kappa shape index (κ3) is 7.63. The van der Waals surface area contributed by atoms with Gasteiger partial charge in [-0.3, -0.25) is 10.1 Å². The van der Waals surface area contributed by atoms with Crippen molar-refractivity contribution in [2.45, 2.75) is 49.2 Å². The van der Waals surface area contributed by atoms with Crippen molar-refractivity contribution in [1.82, 2.24) is 10.6 Å². The van der Waals surface area contributed by atoms with Crippen LogP contribution >= 0.6 is 0 Å². The number of rotatable bonds is 9. The molecule has 0 aromatic heterocycles. The molecule has 178 valence electrons. The Kier molecular flexibility index (Phi) is 7.45. The summed E-state index contributed by atoms with van der Waals surface area (Å²) in [4.78, 5) is 12.5. The number of hydrogen-bond donors (Lipinski definition) is 2. The summed E-state index contributed by atoms with van der Waals surface area (Å²) in [5, 5.41) is 13.0. The van der Waals surface area contributed by atoms with Crippen molar-refractivity contribution in [3.05, 3.63) is 35.6 Å². The lowest BCUT2D eigenvalue weighted by molar-refractivity contribution is -0.160. The van der Waals surface area contributed by atoms with Crippen LogP contribution in [0.1, 0.15) is 30.9 Å².